The first-order valence-corrected chi connectivity index (χ1v) is 9.09. The van der Waals surface area contributed by atoms with Crippen molar-refractivity contribution in [1.82, 2.24) is 25.7 Å². The lowest BCUT2D eigenvalue weighted by molar-refractivity contribution is 0.0949. The zero-order chi connectivity index (χ0) is 15.9. The van der Waals surface area contributed by atoms with Crippen LogP contribution in [0.1, 0.15) is 60.5 Å². The van der Waals surface area contributed by atoms with Gasteiger partial charge in [-0.2, -0.15) is 5.10 Å². The molecule has 1 aromatic heterocycles. The van der Waals surface area contributed by atoms with Crippen LogP contribution in [-0.2, 0) is 0 Å². The Kier molecular flexibility index (Phi) is 8.02. The summed E-state index contributed by atoms with van der Waals surface area (Å²) in [7, 11) is 0. The molecule has 2 aliphatic rings. The number of rotatable bonds is 6. The van der Waals surface area contributed by atoms with Gasteiger partial charge in [0.15, 0.2) is 0 Å². The van der Waals surface area contributed by atoms with E-state index in [2.05, 4.69) is 25.7 Å². The lowest BCUT2D eigenvalue weighted by Gasteiger charge is -2.26. The van der Waals surface area contributed by atoms with Gasteiger partial charge in [0.2, 0.25) is 0 Å². The summed E-state index contributed by atoms with van der Waals surface area (Å²) >= 11 is 0. The highest BCUT2D eigenvalue weighted by molar-refractivity contribution is 5.95. The minimum absolute atomic E-state index is 0. The monoisotopic (exact) mass is 355 g/mol. The van der Waals surface area contributed by atoms with Gasteiger partial charge in [-0.25, -0.2) is 0 Å². The van der Waals surface area contributed by atoms with Crippen LogP contribution in [0.15, 0.2) is 6.20 Å². The Morgan fingerprint density at radius 2 is 2.00 bits per heavy atom. The molecule has 0 bridgehead atoms. The van der Waals surface area contributed by atoms with Gasteiger partial charge in [-0.3, -0.25) is 9.89 Å². The molecule has 0 aromatic carbocycles. The molecule has 136 valence electrons. The van der Waals surface area contributed by atoms with E-state index in [1.54, 1.807) is 6.20 Å². The molecule has 0 radical (unpaired) electrons. The van der Waals surface area contributed by atoms with E-state index in [1.807, 2.05) is 0 Å². The largest absolute Gasteiger partial charge is 0.352 e. The van der Waals surface area contributed by atoms with Crippen molar-refractivity contribution in [2.75, 3.05) is 39.3 Å². The van der Waals surface area contributed by atoms with E-state index in [0.29, 0.717) is 5.92 Å². The molecule has 0 atom stereocenters. The zero-order valence-corrected chi connectivity index (χ0v) is 15.2. The molecule has 0 saturated carbocycles. The summed E-state index contributed by atoms with van der Waals surface area (Å²) < 4.78 is 0. The Hall–Kier alpha value is -1.11. The van der Waals surface area contributed by atoms with Crippen LogP contribution in [0.5, 0.6) is 0 Å². The van der Waals surface area contributed by atoms with Crippen LogP contribution in [0.25, 0.3) is 0 Å². The Morgan fingerprint density at radius 1 is 1.25 bits per heavy atom. The van der Waals surface area contributed by atoms with E-state index < -0.39 is 0 Å². The zero-order valence-electron chi connectivity index (χ0n) is 14.4. The second-order valence-corrected chi connectivity index (χ2v) is 6.73. The number of H-pyrrole nitrogens is 1. The summed E-state index contributed by atoms with van der Waals surface area (Å²) in [6.07, 6.45) is 8.84. The van der Waals surface area contributed by atoms with Gasteiger partial charge in [0.1, 0.15) is 0 Å². The number of aromatic nitrogens is 2. The second-order valence-electron chi connectivity index (χ2n) is 6.73. The van der Waals surface area contributed by atoms with Gasteiger partial charge in [0.05, 0.1) is 17.5 Å². The van der Waals surface area contributed by atoms with Crippen LogP contribution in [-0.4, -0.2) is 60.3 Å². The van der Waals surface area contributed by atoms with Crippen molar-refractivity contribution < 1.29 is 4.79 Å². The van der Waals surface area contributed by atoms with Gasteiger partial charge >= 0.3 is 0 Å². The molecule has 0 unspecified atom stereocenters. The number of halogens is 1. The minimum Gasteiger partial charge on any atom is -0.352 e. The van der Waals surface area contributed by atoms with Crippen LogP contribution >= 0.6 is 12.4 Å². The number of likely N-dealkylation sites (tertiary alicyclic amines) is 1. The topological polar surface area (TPSA) is 73.0 Å². The van der Waals surface area contributed by atoms with Crippen molar-refractivity contribution in [3.05, 3.63) is 17.5 Å². The Labute approximate surface area is 150 Å². The number of carbonyl (C=O) groups excluding carboxylic acids is 1. The molecule has 2 saturated heterocycles. The number of carbonyl (C=O) groups is 1. The Balaban J connectivity index is 0.00000208. The summed E-state index contributed by atoms with van der Waals surface area (Å²) in [5, 5.41) is 13.6. The Bertz CT molecular complexity index is 495. The summed E-state index contributed by atoms with van der Waals surface area (Å²) in [6.45, 7) is 6.30. The molecule has 0 aliphatic carbocycles. The van der Waals surface area contributed by atoms with Gasteiger partial charge in [0.25, 0.3) is 5.91 Å². The van der Waals surface area contributed by atoms with Crippen LogP contribution in [0.2, 0.25) is 0 Å². The molecular weight excluding hydrogens is 326 g/mol. The molecule has 1 aromatic rings. The molecule has 7 heteroatoms. The third-order valence-electron chi connectivity index (χ3n) is 5.05. The van der Waals surface area contributed by atoms with E-state index in [-0.39, 0.29) is 18.3 Å². The number of amides is 1. The smallest absolute Gasteiger partial charge is 0.254 e. The van der Waals surface area contributed by atoms with E-state index in [0.717, 1.165) is 56.7 Å². The van der Waals surface area contributed by atoms with Crippen molar-refractivity contribution in [3.63, 3.8) is 0 Å². The lowest BCUT2D eigenvalue weighted by Crippen LogP contribution is -2.33. The molecule has 2 aliphatic heterocycles. The van der Waals surface area contributed by atoms with Gasteiger partial charge < -0.3 is 15.5 Å². The highest BCUT2D eigenvalue weighted by atomic mass is 35.5. The first-order chi connectivity index (χ1) is 11.3. The second kappa shape index (κ2) is 10.0. The minimum atomic E-state index is 0. The number of nitrogens with zero attached hydrogens (tertiary/aromatic N) is 2. The van der Waals surface area contributed by atoms with Crippen molar-refractivity contribution in [1.29, 1.82) is 0 Å². The average molecular weight is 356 g/mol. The molecule has 3 N–H and O–H groups in total. The quantitative estimate of drug-likeness (QED) is 0.681. The SMILES string of the molecule is Cl.O=C(NCCCN1CCCCC1)c1cn[nH]c1C1CCNCC1. The highest BCUT2D eigenvalue weighted by Gasteiger charge is 2.23. The van der Waals surface area contributed by atoms with Crippen molar-refractivity contribution >= 4 is 18.3 Å². The van der Waals surface area contributed by atoms with Gasteiger partial charge in [-0.1, -0.05) is 6.42 Å². The number of aromatic amines is 1. The first kappa shape index (κ1) is 19.2. The molecule has 6 nitrogen and oxygen atoms in total. The molecule has 1 amide bonds. The maximum atomic E-state index is 12.4. The van der Waals surface area contributed by atoms with Gasteiger partial charge in [-0.15, -0.1) is 12.4 Å². The number of piperidine rings is 2. The number of hydrogen-bond acceptors (Lipinski definition) is 4. The maximum absolute atomic E-state index is 12.4. The van der Waals surface area contributed by atoms with Crippen LogP contribution in [0.3, 0.4) is 0 Å². The third-order valence-corrected chi connectivity index (χ3v) is 5.05. The summed E-state index contributed by atoms with van der Waals surface area (Å²) in [4.78, 5) is 14.9. The highest BCUT2D eigenvalue weighted by Crippen LogP contribution is 2.26. The van der Waals surface area contributed by atoms with Crippen molar-refractivity contribution in [2.24, 2.45) is 0 Å². The first-order valence-electron chi connectivity index (χ1n) is 9.09. The van der Waals surface area contributed by atoms with E-state index in [1.165, 1.54) is 32.4 Å². The normalized spacial score (nSPS) is 19.7. The van der Waals surface area contributed by atoms with E-state index in [9.17, 15) is 4.79 Å². The van der Waals surface area contributed by atoms with Crippen LogP contribution < -0.4 is 10.6 Å². The fourth-order valence-corrected chi connectivity index (χ4v) is 3.68. The lowest BCUT2D eigenvalue weighted by atomic mass is 9.92. The molecule has 3 rings (SSSR count). The Morgan fingerprint density at radius 3 is 2.75 bits per heavy atom. The van der Waals surface area contributed by atoms with Crippen molar-refractivity contribution in [2.45, 2.75) is 44.4 Å². The number of hydrogen-bond donors (Lipinski definition) is 3. The fourth-order valence-electron chi connectivity index (χ4n) is 3.68. The average Bonchev–Trinajstić information content (AvgIpc) is 3.10. The maximum Gasteiger partial charge on any atom is 0.254 e. The number of nitrogens with one attached hydrogen (secondary N) is 3. The standard InChI is InChI=1S/C17H29N5O.ClH/c23-17(19-7-4-12-22-10-2-1-3-11-22)15-13-20-21-16(15)14-5-8-18-9-6-14;/h13-14,18H,1-12H2,(H,19,23)(H,20,21);1H. The van der Waals surface area contributed by atoms with E-state index in [4.69, 9.17) is 0 Å². The molecule has 24 heavy (non-hydrogen) atoms. The molecule has 3 heterocycles. The predicted octanol–water partition coefficient (Wildman–Crippen LogP) is 1.90. The molecular formula is C17H30ClN5O. The van der Waals surface area contributed by atoms with Gasteiger partial charge in [0, 0.05) is 12.5 Å². The fraction of sp³-hybridized carbons (Fsp3) is 0.765. The summed E-state index contributed by atoms with van der Waals surface area (Å²) in [5.41, 5.74) is 1.75. The molecule has 2 fully saturated rings. The van der Waals surface area contributed by atoms with Crippen LogP contribution in [0, 0.1) is 0 Å². The van der Waals surface area contributed by atoms with Crippen molar-refractivity contribution in [3.8, 4) is 0 Å². The van der Waals surface area contributed by atoms with Crippen LogP contribution in [0.4, 0.5) is 0 Å². The summed E-state index contributed by atoms with van der Waals surface area (Å²) in [6, 6.07) is 0. The molecule has 0 spiro atoms. The van der Waals surface area contributed by atoms with E-state index >= 15 is 0 Å². The third kappa shape index (κ3) is 5.19. The summed E-state index contributed by atoms with van der Waals surface area (Å²) in [5.74, 6) is 0.443. The van der Waals surface area contributed by atoms with Gasteiger partial charge in [-0.05, 0) is 64.8 Å². The predicted molar refractivity (Wildman–Crippen MR) is 97.9 cm³/mol.